The number of hydrogen-bond donors (Lipinski definition) is 4. The van der Waals surface area contributed by atoms with Crippen molar-refractivity contribution in [1.29, 1.82) is 0 Å². The average Bonchev–Trinajstić information content (AvgIpc) is 2.79. The number of carboxylic acid groups (broad SMARTS) is 3. The van der Waals surface area contributed by atoms with Crippen molar-refractivity contribution >= 4 is 24.0 Å². The first-order valence-corrected chi connectivity index (χ1v) is 12.7. The second kappa shape index (κ2) is 16.6. The van der Waals surface area contributed by atoms with Crippen molar-refractivity contribution in [2.75, 3.05) is 26.2 Å². The van der Waals surface area contributed by atoms with Crippen LogP contribution >= 0.6 is 0 Å². The Bertz CT molecular complexity index is 840. The zero-order chi connectivity index (χ0) is 27.8. The number of carbonyl (C=O) groups excluding carboxylic acids is 1. The van der Waals surface area contributed by atoms with Crippen LogP contribution in [0.4, 0.5) is 4.79 Å². The van der Waals surface area contributed by atoms with Crippen LogP contribution in [0.25, 0.3) is 0 Å². The smallest absolute Gasteiger partial charge is 0.410 e. The highest BCUT2D eigenvalue weighted by molar-refractivity contribution is 5.70. The molecular weight excluding hydrogens is 480 g/mol. The lowest BCUT2D eigenvalue weighted by molar-refractivity contribution is -0.139. The monoisotopic (exact) mass is 522 g/mol. The number of nitrogens with one attached hydrogen (secondary N) is 1. The van der Waals surface area contributed by atoms with E-state index in [0.717, 1.165) is 44.3 Å². The number of rotatable bonds is 6. The summed E-state index contributed by atoms with van der Waals surface area (Å²) in [6.07, 6.45) is 3.88. The minimum Gasteiger partial charge on any atom is -0.481 e. The van der Waals surface area contributed by atoms with Crippen molar-refractivity contribution in [3.8, 4) is 0 Å². The predicted octanol–water partition coefficient (Wildman–Crippen LogP) is 3.88. The third-order valence-electron chi connectivity index (χ3n) is 5.85. The summed E-state index contributed by atoms with van der Waals surface area (Å²) < 4.78 is 5.26. The highest BCUT2D eigenvalue weighted by atomic mass is 16.6. The van der Waals surface area contributed by atoms with Crippen molar-refractivity contribution in [3.05, 3.63) is 35.9 Å². The number of benzene rings is 1. The largest absolute Gasteiger partial charge is 0.481 e. The van der Waals surface area contributed by atoms with Crippen molar-refractivity contribution < 1.29 is 39.2 Å². The molecule has 4 N–H and O–H groups in total. The Labute approximate surface area is 219 Å². The van der Waals surface area contributed by atoms with Crippen LogP contribution in [-0.2, 0) is 25.5 Å². The van der Waals surface area contributed by atoms with Gasteiger partial charge in [-0.1, -0.05) is 30.3 Å². The summed E-state index contributed by atoms with van der Waals surface area (Å²) in [5.41, 5.74) is 0.365. The SMILES string of the molecule is CC(C)(C)OC(=O)N1CCC(CC(=O)O)CC1.O=C(O)CC1CCNCC1.O=C(O)Cc1ccccc1. The van der Waals surface area contributed by atoms with Crippen molar-refractivity contribution in [3.63, 3.8) is 0 Å². The molecule has 37 heavy (non-hydrogen) atoms. The van der Waals surface area contributed by atoms with Gasteiger partial charge < -0.3 is 30.3 Å². The number of ether oxygens (including phenoxy) is 1. The van der Waals surface area contributed by atoms with Gasteiger partial charge >= 0.3 is 24.0 Å². The Morgan fingerprint density at radius 1 is 0.838 bits per heavy atom. The predicted molar refractivity (Wildman–Crippen MR) is 138 cm³/mol. The molecule has 1 aromatic rings. The van der Waals surface area contributed by atoms with E-state index in [9.17, 15) is 19.2 Å². The molecule has 0 aromatic heterocycles. The van der Waals surface area contributed by atoms with E-state index in [1.54, 1.807) is 17.0 Å². The number of carbonyl (C=O) groups is 4. The quantitative estimate of drug-likeness (QED) is 0.436. The van der Waals surface area contributed by atoms with Gasteiger partial charge in [-0.15, -0.1) is 0 Å². The topological polar surface area (TPSA) is 153 Å². The standard InChI is InChI=1S/C12H21NO4.C8H8O2.C7H13NO2/c1-12(2,3)17-11(16)13-6-4-9(5-7-13)8-10(14)15;9-8(10)6-7-4-2-1-3-5-7;9-7(10)5-6-1-3-8-4-2-6/h9H,4-8H2,1-3H3,(H,14,15);1-5H,6H2,(H,9,10);6,8H,1-5H2,(H,9,10). The fourth-order valence-corrected chi connectivity index (χ4v) is 4.00. The first kappa shape index (κ1) is 31.9. The molecule has 0 spiro atoms. The molecule has 0 aliphatic carbocycles. The molecule has 0 bridgehead atoms. The Morgan fingerprint density at radius 2 is 1.32 bits per heavy atom. The maximum atomic E-state index is 11.7. The number of carboxylic acids is 3. The summed E-state index contributed by atoms with van der Waals surface area (Å²) in [7, 11) is 0. The molecule has 2 saturated heterocycles. The second-order valence-corrected chi connectivity index (χ2v) is 10.4. The molecule has 0 radical (unpaired) electrons. The fourth-order valence-electron chi connectivity index (χ4n) is 4.00. The molecule has 0 saturated carbocycles. The third-order valence-corrected chi connectivity index (χ3v) is 5.85. The Hall–Kier alpha value is -3.14. The lowest BCUT2D eigenvalue weighted by Gasteiger charge is -2.32. The lowest BCUT2D eigenvalue weighted by Crippen LogP contribution is -2.42. The van der Waals surface area contributed by atoms with Crippen LogP contribution in [0, 0.1) is 11.8 Å². The number of nitrogens with zero attached hydrogens (tertiary/aromatic N) is 1. The maximum Gasteiger partial charge on any atom is 0.410 e. The minimum absolute atomic E-state index is 0.112. The fraction of sp³-hybridized carbons (Fsp3) is 0.630. The van der Waals surface area contributed by atoms with Crippen molar-refractivity contribution in [2.24, 2.45) is 11.8 Å². The van der Waals surface area contributed by atoms with Gasteiger partial charge in [0.15, 0.2) is 0 Å². The van der Waals surface area contributed by atoms with Gasteiger partial charge in [-0.2, -0.15) is 0 Å². The first-order chi connectivity index (χ1) is 17.4. The number of hydrogen-bond acceptors (Lipinski definition) is 6. The van der Waals surface area contributed by atoms with Gasteiger partial charge in [-0.25, -0.2) is 4.79 Å². The van der Waals surface area contributed by atoms with E-state index in [-0.39, 0.29) is 24.9 Å². The molecule has 208 valence electrons. The van der Waals surface area contributed by atoms with E-state index in [4.69, 9.17) is 20.1 Å². The summed E-state index contributed by atoms with van der Waals surface area (Å²) in [5.74, 6) is -1.61. The number of amides is 1. The van der Waals surface area contributed by atoms with Gasteiger partial charge in [0, 0.05) is 25.9 Å². The Morgan fingerprint density at radius 3 is 1.76 bits per heavy atom. The van der Waals surface area contributed by atoms with Crippen molar-refractivity contribution in [1.82, 2.24) is 10.2 Å². The summed E-state index contributed by atoms with van der Waals surface area (Å²) in [5, 5.41) is 28.7. The molecule has 0 unspecified atom stereocenters. The van der Waals surface area contributed by atoms with Gasteiger partial charge in [0.05, 0.1) is 6.42 Å². The molecule has 3 rings (SSSR count). The van der Waals surface area contributed by atoms with Crippen LogP contribution in [-0.4, -0.2) is 76.0 Å². The molecule has 10 nitrogen and oxygen atoms in total. The van der Waals surface area contributed by atoms with Gasteiger partial charge in [-0.3, -0.25) is 14.4 Å². The molecule has 0 atom stereocenters. The van der Waals surface area contributed by atoms with E-state index in [0.29, 0.717) is 25.4 Å². The highest BCUT2D eigenvalue weighted by Gasteiger charge is 2.27. The molecule has 1 aromatic carbocycles. The molecule has 2 fully saturated rings. The maximum absolute atomic E-state index is 11.7. The van der Waals surface area contributed by atoms with E-state index in [2.05, 4.69) is 5.32 Å². The Balaban J connectivity index is 0.000000294. The van der Waals surface area contributed by atoms with Crippen molar-refractivity contribution in [2.45, 2.75) is 71.3 Å². The number of likely N-dealkylation sites (tertiary alicyclic amines) is 1. The number of aliphatic carboxylic acids is 3. The van der Waals surface area contributed by atoms with Crippen LogP contribution in [0.15, 0.2) is 30.3 Å². The third kappa shape index (κ3) is 16.3. The summed E-state index contributed by atoms with van der Waals surface area (Å²) >= 11 is 0. The lowest BCUT2D eigenvalue weighted by atomic mass is 9.94. The van der Waals surface area contributed by atoms with E-state index < -0.39 is 23.5 Å². The summed E-state index contributed by atoms with van der Waals surface area (Å²) in [4.78, 5) is 44.4. The summed E-state index contributed by atoms with van der Waals surface area (Å²) in [6.45, 7) is 8.65. The van der Waals surface area contributed by atoms with Gasteiger partial charge in [0.25, 0.3) is 0 Å². The molecule has 10 heteroatoms. The zero-order valence-corrected chi connectivity index (χ0v) is 22.1. The normalized spacial score (nSPS) is 16.4. The minimum atomic E-state index is -0.786. The van der Waals surface area contributed by atoms with E-state index in [1.165, 1.54) is 0 Å². The molecule has 2 aliphatic rings. The molecule has 2 heterocycles. The van der Waals surface area contributed by atoms with Crippen LogP contribution in [0.3, 0.4) is 0 Å². The van der Waals surface area contributed by atoms with Crippen LogP contribution < -0.4 is 5.32 Å². The van der Waals surface area contributed by atoms with E-state index in [1.807, 2.05) is 39.0 Å². The first-order valence-electron chi connectivity index (χ1n) is 12.7. The zero-order valence-electron chi connectivity index (χ0n) is 22.1. The average molecular weight is 523 g/mol. The molecule has 1 amide bonds. The van der Waals surface area contributed by atoms with E-state index >= 15 is 0 Å². The van der Waals surface area contributed by atoms with Crippen LogP contribution in [0.1, 0.15) is 64.9 Å². The summed E-state index contributed by atoms with van der Waals surface area (Å²) in [6, 6.07) is 9.13. The van der Waals surface area contributed by atoms with Crippen LogP contribution in [0.5, 0.6) is 0 Å². The number of piperidine rings is 2. The van der Waals surface area contributed by atoms with Gasteiger partial charge in [0.1, 0.15) is 5.60 Å². The van der Waals surface area contributed by atoms with Gasteiger partial charge in [-0.05, 0) is 76.9 Å². The second-order valence-electron chi connectivity index (χ2n) is 10.4. The highest BCUT2D eigenvalue weighted by Crippen LogP contribution is 2.22. The molecular formula is C27H42N2O8. The molecule has 2 aliphatic heterocycles. The van der Waals surface area contributed by atoms with Crippen LogP contribution in [0.2, 0.25) is 0 Å². The Kier molecular flexibility index (Phi) is 14.3. The van der Waals surface area contributed by atoms with Gasteiger partial charge in [0.2, 0.25) is 0 Å².